The summed E-state index contributed by atoms with van der Waals surface area (Å²) in [5.41, 5.74) is 0.984. The van der Waals surface area contributed by atoms with Crippen LogP contribution in [0.5, 0.6) is 0 Å². The van der Waals surface area contributed by atoms with Crippen LogP contribution < -0.4 is 5.32 Å². The number of likely N-dealkylation sites (tertiary alicyclic amines) is 1. The molecule has 1 aliphatic carbocycles. The highest BCUT2D eigenvalue weighted by molar-refractivity contribution is 7.73. The van der Waals surface area contributed by atoms with Gasteiger partial charge in [-0.1, -0.05) is 19.3 Å². The molecule has 2 N–H and O–H groups in total. The number of hydrogen-bond donors (Lipinski definition) is 2. The lowest BCUT2D eigenvalue weighted by atomic mass is 9.87. The second-order valence-corrected chi connectivity index (χ2v) is 9.01. The van der Waals surface area contributed by atoms with E-state index in [0.29, 0.717) is 12.3 Å². The van der Waals surface area contributed by atoms with E-state index in [0.717, 1.165) is 53.3 Å². The number of nitrogens with one attached hydrogen (secondary N) is 2. The second kappa shape index (κ2) is 8.45. The van der Waals surface area contributed by atoms with Crippen LogP contribution in [0, 0.1) is 16.8 Å². The number of thiazole rings is 1. The Kier molecular flexibility index (Phi) is 6.28. The van der Waals surface area contributed by atoms with E-state index in [1.165, 1.54) is 30.6 Å². The van der Waals surface area contributed by atoms with Crippen molar-refractivity contribution >= 4 is 35.4 Å². The molecule has 5 nitrogen and oxygen atoms in total. The van der Waals surface area contributed by atoms with Gasteiger partial charge in [0.05, 0.1) is 6.42 Å². The van der Waals surface area contributed by atoms with Crippen LogP contribution in [-0.2, 0) is 16.0 Å². The van der Waals surface area contributed by atoms with E-state index in [2.05, 4.69) is 10.3 Å². The van der Waals surface area contributed by atoms with Crippen molar-refractivity contribution in [2.45, 2.75) is 64.3 Å². The molecule has 7 heteroatoms. The molecule has 25 heavy (non-hydrogen) atoms. The monoisotopic (exact) mass is 381 g/mol. The van der Waals surface area contributed by atoms with Gasteiger partial charge < -0.3 is 15.2 Å². The number of rotatable bonds is 4. The SMILES string of the molecule is Cc1[nH]c(=S)sc1CC(=O)NC1CCN(C(=O)C2CCCCC2)CC1. The zero-order chi connectivity index (χ0) is 17.8. The number of aromatic nitrogens is 1. The molecule has 0 radical (unpaired) electrons. The van der Waals surface area contributed by atoms with E-state index in [1.807, 2.05) is 11.8 Å². The molecule has 1 saturated carbocycles. The van der Waals surface area contributed by atoms with Crippen LogP contribution in [0.1, 0.15) is 55.5 Å². The maximum atomic E-state index is 12.6. The number of nitrogens with zero attached hydrogens (tertiary/aromatic N) is 1. The minimum atomic E-state index is 0.0467. The highest BCUT2D eigenvalue weighted by Gasteiger charge is 2.29. The van der Waals surface area contributed by atoms with Gasteiger partial charge in [-0.3, -0.25) is 9.59 Å². The molecule has 3 rings (SSSR count). The predicted octanol–water partition coefficient (Wildman–Crippen LogP) is 3.34. The van der Waals surface area contributed by atoms with Gasteiger partial charge in [-0.15, -0.1) is 11.3 Å². The van der Waals surface area contributed by atoms with E-state index in [-0.39, 0.29) is 17.9 Å². The molecule has 0 unspecified atom stereocenters. The fourth-order valence-electron chi connectivity index (χ4n) is 3.88. The Hall–Kier alpha value is -1.21. The summed E-state index contributed by atoms with van der Waals surface area (Å²) in [5.74, 6) is 0.628. The molecule has 2 heterocycles. The zero-order valence-corrected chi connectivity index (χ0v) is 16.4. The Morgan fingerprint density at radius 1 is 1.20 bits per heavy atom. The van der Waals surface area contributed by atoms with Crippen LogP contribution >= 0.6 is 23.6 Å². The fourth-order valence-corrected chi connectivity index (χ4v) is 5.17. The van der Waals surface area contributed by atoms with Crippen molar-refractivity contribution in [2.75, 3.05) is 13.1 Å². The molecule has 0 atom stereocenters. The van der Waals surface area contributed by atoms with Crippen molar-refractivity contribution in [3.05, 3.63) is 14.5 Å². The number of aryl methyl sites for hydroxylation is 1. The largest absolute Gasteiger partial charge is 0.353 e. The number of hydrogen-bond acceptors (Lipinski definition) is 4. The van der Waals surface area contributed by atoms with Crippen molar-refractivity contribution in [2.24, 2.45) is 5.92 Å². The quantitative estimate of drug-likeness (QED) is 0.786. The molecule has 2 amide bonds. The van der Waals surface area contributed by atoms with Gasteiger partial charge in [-0.25, -0.2) is 0 Å². The van der Waals surface area contributed by atoms with Crippen LogP contribution in [0.3, 0.4) is 0 Å². The van der Waals surface area contributed by atoms with Crippen LogP contribution in [0.15, 0.2) is 0 Å². The van der Waals surface area contributed by atoms with Crippen LogP contribution in [0.25, 0.3) is 0 Å². The summed E-state index contributed by atoms with van der Waals surface area (Å²) < 4.78 is 0.717. The summed E-state index contributed by atoms with van der Waals surface area (Å²) in [6.45, 7) is 3.48. The topological polar surface area (TPSA) is 65.2 Å². The van der Waals surface area contributed by atoms with Gasteiger partial charge in [-0.2, -0.15) is 0 Å². The Labute approximate surface area is 158 Å². The normalized spacial score (nSPS) is 19.8. The lowest BCUT2D eigenvalue weighted by molar-refractivity contribution is -0.137. The van der Waals surface area contributed by atoms with Crippen molar-refractivity contribution in [1.82, 2.24) is 15.2 Å². The standard InChI is InChI=1S/C18H27N3O2S2/c1-12-15(25-18(24)19-12)11-16(22)20-14-7-9-21(10-8-14)17(23)13-5-3-2-4-6-13/h13-14H,2-11H2,1H3,(H,19,24)(H,20,22). The lowest BCUT2D eigenvalue weighted by Gasteiger charge is -2.35. The number of amides is 2. The minimum Gasteiger partial charge on any atom is -0.353 e. The van der Waals surface area contributed by atoms with Crippen LogP contribution in [-0.4, -0.2) is 40.8 Å². The minimum absolute atomic E-state index is 0.0467. The summed E-state index contributed by atoms with van der Waals surface area (Å²) in [7, 11) is 0. The molecule has 1 aliphatic heterocycles. The van der Waals surface area contributed by atoms with E-state index < -0.39 is 0 Å². The van der Waals surface area contributed by atoms with Crippen molar-refractivity contribution in [3.63, 3.8) is 0 Å². The smallest absolute Gasteiger partial charge is 0.225 e. The third kappa shape index (κ3) is 4.91. The highest BCUT2D eigenvalue weighted by Crippen LogP contribution is 2.26. The average Bonchev–Trinajstić information content (AvgIpc) is 2.92. The summed E-state index contributed by atoms with van der Waals surface area (Å²) in [6.07, 6.45) is 7.84. The number of H-pyrrole nitrogens is 1. The molecule has 2 aliphatic rings. The molecule has 1 aromatic heterocycles. The summed E-state index contributed by atoms with van der Waals surface area (Å²) in [4.78, 5) is 31.0. The predicted molar refractivity (Wildman–Crippen MR) is 102 cm³/mol. The van der Waals surface area contributed by atoms with E-state index in [1.54, 1.807) is 0 Å². The van der Waals surface area contributed by atoms with E-state index >= 15 is 0 Å². The molecule has 1 aromatic rings. The fraction of sp³-hybridized carbons (Fsp3) is 0.722. The first-order valence-electron chi connectivity index (χ1n) is 9.29. The maximum absolute atomic E-state index is 12.6. The number of aromatic amines is 1. The Morgan fingerprint density at radius 3 is 2.48 bits per heavy atom. The van der Waals surface area contributed by atoms with Gasteiger partial charge in [-0.05, 0) is 44.8 Å². The highest BCUT2D eigenvalue weighted by atomic mass is 32.1. The number of carbonyl (C=O) groups excluding carboxylic acids is 2. The van der Waals surface area contributed by atoms with Crippen LogP contribution in [0.2, 0.25) is 0 Å². The Morgan fingerprint density at radius 2 is 1.88 bits per heavy atom. The molecular formula is C18H27N3O2S2. The Bertz CT molecular complexity index is 668. The first kappa shape index (κ1) is 18.6. The van der Waals surface area contributed by atoms with Crippen molar-refractivity contribution in [3.8, 4) is 0 Å². The number of carbonyl (C=O) groups is 2. The zero-order valence-electron chi connectivity index (χ0n) is 14.8. The first-order valence-corrected chi connectivity index (χ1v) is 10.5. The molecule has 0 spiro atoms. The van der Waals surface area contributed by atoms with E-state index in [4.69, 9.17) is 12.2 Å². The molecule has 138 valence electrons. The van der Waals surface area contributed by atoms with Gasteiger partial charge in [0.15, 0.2) is 3.95 Å². The third-order valence-corrected chi connectivity index (χ3v) is 6.71. The van der Waals surface area contributed by atoms with Gasteiger partial charge in [0.2, 0.25) is 11.8 Å². The summed E-state index contributed by atoms with van der Waals surface area (Å²) in [5, 5.41) is 3.12. The molecule has 0 aromatic carbocycles. The van der Waals surface area contributed by atoms with Crippen LogP contribution in [0.4, 0.5) is 0 Å². The average molecular weight is 382 g/mol. The lowest BCUT2D eigenvalue weighted by Crippen LogP contribution is -2.48. The van der Waals surface area contributed by atoms with Crippen molar-refractivity contribution < 1.29 is 9.59 Å². The van der Waals surface area contributed by atoms with Crippen molar-refractivity contribution in [1.29, 1.82) is 0 Å². The Balaban J connectivity index is 1.44. The molecular weight excluding hydrogens is 354 g/mol. The van der Waals surface area contributed by atoms with Gasteiger partial charge in [0, 0.05) is 35.6 Å². The third-order valence-electron chi connectivity index (χ3n) is 5.37. The summed E-state index contributed by atoms with van der Waals surface area (Å²) in [6, 6.07) is 0.176. The molecule has 2 fully saturated rings. The second-order valence-electron chi connectivity index (χ2n) is 7.24. The first-order chi connectivity index (χ1) is 12.0. The maximum Gasteiger partial charge on any atom is 0.225 e. The molecule has 1 saturated heterocycles. The number of piperidine rings is 1. The van der Waals surface area contributed by atoms with Gasteiger partial charge in [0.25, 0.3) is 0 Å². The summed E-state index contributed by atoms with van der Waals surface area (Å²) >= 11 is 6.59. The molecule has 0 bridgehead atoms. The van der Waals surface area contributed by atoms with Gasteiger partial charge >= 0.3 is 0 Å². The van der Waals surface area contributed by atoms with Gasteiger partial charge in [0.1, 0.15) is 0 Å². The van der Waals surface area contributed by atoms with E-state index in [9.17, 15) is 9.59 Å².